The fourth-order valence-electron chi connectivity index (χ4n) is 3.06. The Morgan fingerprint density at radius 2 is 2.14 bits per heavy atom. The number of aliphatic hydroxyl groups is 1. The Hall–Kier alpha value is -1.39. The molecule has 1 saturated heterocycles. The van der Waals surface area contributed by atoms with Gasteiger partial charge in [0.2, 0.25) is 5.91 Å². The average Bonchev–Trinajstić information content (AvgIpc) is 2.87. The van der Waals surface area contributed by atoms with Gasteiger partial charge in [0.1, 0.15) is 0 Å². The molecule has 1 aliphatic heterocycles. The van der Waals surface area contributed by atoms with Crippen molar-refractivity contribution in [3.8, 4) is 0 Å². The largest absolute Gasteiger partial charge is 0.389 e. The predicted octanol–water partition coefficient (Wildman–Crippen LogP) is 2.56. The zero-order valence-corrected chi connectivity index (χ0v) is 13.2. The van der Waals surface area contributed by atoms with Gasteiger partial charge in [0.25, 0.3) is 0 Å². The van der Waals surface area contributed by atoms with Gasteiger partial charge in [-0.2, -0.15) is 0 Å². The molecule has 0 spiro atoms. The molecule has 4 heteroatoms. The van der Waals surface area contributed by atoms with Crippen LogP contribution in [-0.2, 0) is 4.79 Å². The van der Waals surface area contributed by atoms with Crippen LogP contribution in [-0.4, -0.2) is 40.6 Å². The Bertz CT molecular complexity index is 494. The fourth-order valence-corrected chi connectivity index (χ4v) is 3.06. The monoisotopic (exact) mass is 290 g/mol. The molecular weight excluding hydrogens is 264 g/mol. The van der Waals surface area contributed by atoms with Crippen molar-refractivity contribution in [2.45, 2.75) is 51.7 Å². The lowest BCUT2D eigenvalue weighted by atomic mass is 9.96. The van der Waals surface area contributed by atoms with Crippen LogP contribution < -0.4 is 5.32 Å². The molecule has 21 heavy (non-hydrogen) atoms. The van der Waals surface area contributed by atoms with Crippen molar-refractivity contribution in [1.29, 1.82) is 0 Å². The molecule has 2 rings (SSSR count). The van der Waals surface area contributed by atoms with Crippen molar-refractivity contribution in [3.63, 3.8) is 0 Å². The van der Waals surface area contributed by atoms with E-state index in [1.807, 2.05) is 45.0 Å². The fraction of sp³-hybridized carbons (Fsp3) is 0.588. The van der Waals surface area contributed by atoms with Gasteiger partial charge in [-0.25, -0.2) is 0 Å². The van der Waals surface area contributed by atoms with Gasteiger partial charge in [-0.3, -0.25) is 9.69 Å². The molecule has 0 aliphatic carbocycles. The van der Waals surface area contributed by atoms with Crippen LogP contribution >= 0.6 is 0 Å². The molecule has 1 fully saturated rings. The van der Waals surface area contributed by atoms with E-state index >= 15 is 0 Å². The molecule has 1 aromatic carbocycles. The summed E-state index contributed by atoms with van der Waals surface area (Å²) in [5.41, 5.74) is 1.24. The third-order valence-electron chi connectivity index (χ3n) is 4.22. The molecule has 2 N–H and O–H groups in total. The molecule has 0 saturated carbocycles. The quantitative estimate of drug-likeness (QED) is 0.876. The van der Waals surface area contributed by atoms with E-state index in [9.17, 15) is 9.90 Å². The van der Waals surface area contributed by atoms with Crippen molar-refractivity contribution in [2.24, 2.45) is 0 Å². The number of aryl methyl sites for hydroxylation is 1. The number of carbonyl (C=O) groups is 1. The summed E-state index contributed by atoms with van der Waals surface area (Å²) in [7, 11) is 0. The third kappa shape index (κ3) is 4.29. The minimum atomic E-state index is -0.705. The Labute approximate surface area is 127 Å². The Kier molecular flexibility index (Phi) is 5.01. The van der Waals surface area contributed by atoms with E-state index in [4.69, 9.17) is 0 Å². The molecule has 1 amide bonds. The lowest BCUT2D eigenvalue weighted by Crippen LogP contribution is -2.46. The maximum absolute atomic E-state index is 12.1. The second kappa shape index (κ2) is 6.58. The minimum absolute atomic E-state index is 0.0331. The second-order valence-electron chi connectivity index (χ2n) is 6.46. The van der Waals surface area contributed by atoms with Gasteiger partial charge in [-0.15, -0.1) is 0 Å². The normalized spacial score (nSPS) is 19.7. The SMILES string of the molecule is Cc1ccccc1NC(=O)CCN1CCCC1C(C)(C)O. The van der Waals surface area contributed by atoms with Gasteiger partial charge >= 0.3 is 0 Å². The molecule has 1 aliphatic rings. The molecule has 0 radical (unpaired) electrons. The van der Waals surface area contributed by atoms with Crippen molar-refractivity contribution in [2.75, 3.05) is 18.4 Å². The van der Waals surface area contributed by atoms with E-state index in [-0.39, 0.29) is 11.9 Å². The zero-order chi connectivity index (χ0) is 15.5. The van der Waals surface area contributed by atoms with E-state index in [0.717, 1.165) is 30.6 Å². The maximum atomic E-state index is 12.1. The Morgan fingerprint density at radius 1 is 1.43 bits per heavy atom. The topological polar surface area (TPSA) is 52.6 Å². The standard InChI is InChI=1S/C17H26N2O2/c1-13-7-4-5-8-14(13)18-16(20)10-12-19-11-6-9-15(19)17(2,3)21/h4-5,7-8,15,21H,6,9-12H2,1-3H3,(H,18,20). The van der Waals surface area contributed by atoms with Crippen molar-refractivity contribution in [3.05, 3.63) is 29.8 Å². The van der Waals surface area contributed by atoms with Crippen molar-refractivity contribution >= 4 is 11.6 Å². The molecule has 0 bridgehead atoms. The van der Waals surface area contributed by atoms with Crippen LogP contribution in [0.1, 0.15) is 38.7 Å². The number of nitrogens with zero attached hydrogens (tertiary/aromatic N) is 1. The minimum Gasteiger partial charge on any atom is -0.389 e. The smallest absolute Gasteiger partial charge is 0.225 e. The number of rotatable bonds is 5. The summed E-state index contributed by atoms with van der Waals surface area (Å²) in [4.78, 5) is 14.3. The summed E-state index contributed by atoms with van der Waals surface area (Å²) >= 11 is 0. The number of hydrogen-bond acceptors (Lipinski definition) is 3. The molecule has 1 heterocycles. The summed E-state index contributed by atoms with van der Waals surface area (Å²) in [6.45, 7) is 7.35. The summed E-state index contributed by atoms with van der Waals surface area (Å²) in [5, 5.41) is 13.1. The number of amides is 1. The van der Waals surface area contributed by atoms with Crippen molar-refractivity contribution in [1.82, 2.24) is 4.90 Å². The summed E-state index contributed by atoms with van der Waals surface area (Å²) in [5.74, 6) is 0.0331. The predicted molar refractivity (Wildman–Crippen MR) is 85.3 cm³/mol. The summed E-state index contributed by atoms with van der Waals surface area (Å²) < 4.78 is 0. The van der Waals surface area contributed by atoms with Crippen LogP contribution in [0.2, 0.25) is 0 Å². The first-order valence-corrected chi connectivity index (χ1v) is 7.70. The van der Waals surface area contributed by atoms with E-state index in [2.05, 4.69) is 10.2 Å². The van der Waals surface area contributed by atoms with Crippen LogP contribution in [0.5, 0.6) is 0 Å². The maximum Gasteiger partial charge on any atom is 0.225 e. The average molecular weight is 290 g/mol. The third-order valence-corrected chi connectivity index (χ3v) is 4.22. The number of likely N-dealkylation sites (tertiary alicyclic amines) is 1. The number of nitrogens with one attached hydrogen (secondary N) is 1. The number of para-hydroxylation sites is 1. The first kappa shape index (κ1) is 16.0. The van der Waals surface area contributed by atoms with Gasteiger partial charge in [0.05, 0.1) is 5.60 Å². The van der Waals surface area contributed by atoms with Crippen LogP contribution in [0.25, 0.3) is 0 Å². The van der Waals surface area contributed by atoms with Crippen LogP contribution in [0, 0.1) is 6.92 Å². The van der Waals surface area contributed by atoms with E-state index < -0.39 is 5.60 Å². The van der Waals surface area contributed by atoms with Gasteiger partial charge in [0, 0.05) is 24.7 Å². The highest BCUT2D eigenvalue weighted by Gasteiger charge is 2.35. The van der Waals surface area contributed by atoms with Crippen molar-refractivity contribution < 1.29 is 9.90 Å². The molecule has 4 nitrogen and oxygen atoms in total. The van der Waals surface area contributed by atoms with Gasteiger partial charge < -0.3 is 10.4 Å². The summed E-state index contributed by atoms with van der Waals surface area (Å²) in [6.07, 6.45) is 2.55. The molecule has 116 valence electrons. The zero-order valence-electron chi connectivity index (χ0n) is 13.2. The summed E-state index contributed by atoms with van der Waals surface area (Å²) in [6, 6.07) is 7.95. The van der Waals surface area contributed by atoms with Gasteiger partial charge in [-0.05, 0) is 51.8 Å². The van der Waals surface area contributed by atoms with Gasteiger partial charge in [-0.1, -0.05) is 18.2 Å². The lowest BCUT2D eigenvalue weighted by Gasteiger charge is -2.33. The highest BCUT2D eigenvalue weighted by atomic mass is 16.3. The highest BCUT2D eigenvalue weighted by molar-refractivity contribution is 5.91. The molecule has 1 atom stereocenters. The Balaban J connectivity index is 1.86. The van der Waals surface area contributed by atoms with Crippen LogP contribution in [0.4, 0.5) is 5.69 Å². The first-order valence-electron chi connectivity index (χ1n) is 7.70. The second-order valence-corrected chi connectivity index (χ2v) is 6.46. The van der Waals surface area contributed by atoms with E-state index in [1.54, 1.807) is 0 Å². The molecule has 0 aromatic heterocycles. The Morgan fingerprint density at radius 3 is 2.81 bits per heavy atom. The van der Waals surface area contributed by atoms with E-state index in [1.165, 1.54) is 0 Å². The molecular formula is C17H26N2O2. The van der Waals surface area contributed by atoms with Crippen LogP contribution in [0.15, 0.2) is 24.3 Å². The van der Waals surface area contributed by atoms with E-state index in [0.29, 0.717) is 13.0 Å². The first-order chi connectivity index (χ1) is 9.88. The van der Waals surface area contributed by atoms with Crippen LogP contribution in [0.3, 0.4) is 0 Å². The number of anilines is 1. The van der Waals surface area contributed by atoms with Gasteiger partial charge in [0.15, 0.2) is 0 Å². The number of benzene rings is 1. The number of hydrogen-bond donors (Lipinski definition) is 2. The number of carbonyl (C=O) groups excluding carboxylic acids is 1. The molecule has 1 unspecified atom stereocenters. The lowest BCUT2D eigenvalue weighted by molar-refractivity contribution is -0.116. The highest BCUT2D eigenvalue weighted by Crippen LogP contribution is 2.26. The molecule has 1 aromatic rings.